The smallest absolute Gasteiger partial charge is 0.272 e. The summed E-state index contributed by atoms with van der Waals surface area (Å²) in [4.78, 5) is 25.3. The lowest BCUT2D eigenvalue weighted by Gasteiger charge is -2.19. The van der Waals surface area contributed by atoms with E-state index in [4.69, 9.17) is 4.74 Å². The quantitative estimate of drug-likeness (QED) is 0.770. The first-order chi connectivity index (χ1) is 12.1. The molecule has 25 heavy (non-hydrogen) atoms. The van der Waals surface area contributed by atoms with E-state index in [0.717, 1.165) is 11.3 Å². The minimum atomic E-state index is -0.439. The Kier molecular flexibility index (Phi) is 4.74. The number of nitrogens with zero attached hydrogens (tertiary/aromatic N) is 4. The summed E-state index contributed by atoms with van der Waals surface area (Å²) >= 11 is 0. The summed E-state index contributed by atoms with van der Waals surface area (Å²) in [6.45, 7) is 1.82. The number of carbonyl (C=O) groups excluding carboxylic acids is 1. The molecule has 0 saturated heterocycles. The lowest BCUT2D eigenvalue weighted by Crippen LogP contribution is -2.31. The number of methoxy groups -OCH3 is 1. The van der Waals surface area contributed by atoms with E-state index in [1.807, 2.05) is 49.0 Å². The van der Waals surface area contributed by atoms with Gasteiger partial charge in [-0.25, -0.2) is 9.97 Å². The molecule has 1 aromatic carbocycles. The van der Waals surface area contributed by atoms with Gasteiger partial charge in [0.15, 0.2) is 0 Å². The maximum absolute atomic E-state index is 12.6. The van der Waals surface area contributed by atoms with E-state index in [1.54, 1.807) is 19.5 Å². The van der Waals surface area contributed by atoms with Crippen LogP contribution in [0.1, 0.15) is 33.6 Å². The highest BCUT2D eigenvalue weighted by Gasteiger charge is 2.22. The van der Waals surface area contributed by atoms with Crippen molar-refractivity contribution in [1.82, 2.24) is 24.8 Å². The van der Waals surface area contributed by atoms with Crippen LogP contribution in [0.15, 0.2) is 49.1 Å². The molecule has 0 unspecified atom stereocenters. The van der Waals surface area contributed by atoms with Crippen molar-refractivity contribution in [2.24, 2.45) is 7.05 Å². The normalized spacial score (nSPS) is 11.8. The molecule has 0 aliphatic carbocycles. The van der Waals surface area contributed by atoms with Crippen molar-refractivity contribution in [2.45, 2.75) is 13.0 Å². The van der Waals surface area contributed by atoms with Gasteiger partial charge in [0.05, 0.1) is 19.0 Å². The van der Waals surface area contributed by atoms with Crippen LogP contribution in [0.3, 0.4) is 0 Å². The van der Waals surface area contributed by atoms with Crippen LogP contribution in [0.4, 0.5) is 0 Å². The largest absolute Gasteiger partial charge is 0.497 e. The van der Waals surface area contributed by atoms with Gasteiger partial charge in [0.2, 0.25) is 0 Å². The minimum Gasteiger partial charge on any atom is -0.497 e. The lowest BCUT2D eigenvalue weighted by molar-refractivity contribution is 0.0935. The number of nitrogens with one attached hydrogen (secondary N) is 1. The second kappa shape index (κ2) is 7.12. The molecule has 0 aliphatic rings. The van der Waals surface area contributed by atoms with Crippen molar-refractivity contribution in [1.29, 1.82) is 0 Å². The Morgan fingerprint density at radius 2 is 2.08 bits per heavy atom. The average Bonchev–Trinajstić information content (AvgIpc) is 3.06. The van der Waals surface area contributed by atoms with Crippen LogP contribution < -0.4 is 10.1 Å². The third-order valence-corrected chi connectivity index (χ3v) is 3.83. The number of aromatic nitrogens is 4. The van der Waals surface area contributed by atoms with E-state index in [0.29, 0.717) is 11.6 Å². The molecule has 0 bridgehead atoms. The number of hydrogen-bond acceptors (Lipinski definition) is 5. The van der Waals surface area contributed by atoms with Crippen LogP contribution in [-0.2, 0) is 7.05 Å². The zero-order valence-electron chi connectivity index (χ0n) is 14.3. The second-order valence-corrected chi connectivity index (χ2v) is 5.62. The number of aryl methyl sites for hydroxylation is 2. The summed E-state index contributed by atoms with van der Waals surface area (Å²) in [5.41, 5.74) is 1.87. The third kappa shape index (κ3) is 3.65. The number of ether oxygens (including phenoxy) is 1. The Bertz CT molecular complexity index is 873. The summed E-state index contributed by atoms with van der Waals surface area (Å²) in [5.74, 6) is 1.10. The van der Waals surface area contributed by atoms with E-state index in [1.165, 1.54) is 6.20 Å². The monoisotopic (exact) mass is 337 g/mol. The predicted molar refractivity (Wildman–Crippen MR) is 92.3 cm³/mol. The van der Waals surface area contributed by atoms with Crippen molar-refractivity contribution in [3.8, 4) is 5.75 Å². The van der Waals surface area contributed by atoms with Crippen LogP contribution in [0, 0.1) is 6.92 Å². The summed E-state index contributed by atoms with van der Waals surface area (Å²) in [6.07, 6.45) is 6.56. The molecule has 1 atom stereocenters. The molecule has 3 rings (SSSR count). The van der Waals surface area contributed by atoms with Crippen molar-refractivity contribution in [3.05, 3.63) is 71.8 Å². The van der Waals surface area contributed by atoms with Gasteiger partial charge in [-0.15, -0.1) is 0 Å². The number of imidazole rings is 1. The first-order valence-electron chi connectivity index (χ1n) is 7.79. The summed E-state index contributed by atoms with van der Waals surface area (Å²) in [5, 5.41) is 2.98. The number of benzene rings is 1. The highest BCUT2D eigenvalue weighted by atomic mass is 16.5. The molecular weight excluding hydrogens is 318 g/mol. The van der Waals surface area contributed by atoms with Crippen LogP contribution in [-0.4, -0.2) is 32.5 Å². The van der Waals surface area contributed by atoms with Gasteiger partial charge < -0.3 is 14.6 Å². The predicted octanol–water partition coefficient (Wildman–Crippen LogP) is 2.05. The number of carbonyl (C=O) groups is 1. The van der Waals surface area contributed by atoms with Gasteiger partial charge in [-0.3, -0.25) is 9.78 Å². The van der Waals surface area contributed by atoms with Gasteiger partial charge in [-0.05, 0) is 24.6 Å². The molecule has 0 aliphatic heterocycles. The molecular formula is C18H19N5O2. The summed E-state index contributed by atoms with van der Waals surface area (Å²) in [7, 11) is 3.49. The second-order valence-electron chi connectivity index (χ2n) is 5.62. The first-order valence-corrected chi connectivity index (χ1v) is 7.79. The van der Waals surface area contributed by atoms with Gasteiger partial charge in [0.25, 0.3) is 5.91 Å². The molecule has 128 valence electrons. The Morgan fingerprint density at radius 1 is 1.24 bits per heavy atom. The standard InChI is InChI=1S/C18H19N5O2/c1-12-10-21-15(11-20-12)18(24)22-16(17-19-7-8-23(17)2)13-5-4-6-14(9-13)25-3/h4-11,16H,1-3H3,(H,22,24)/t16-/m1/s1. The molecule has 0 radical (unpaired) electrons. The number of rotatable bonds is 5. The van der Waals surface area contributed by atoms with E-state index < -0.39 is 6.04 Å². The maximum Gasteiger partial charge on any atom is 0.272 e. The topological polar surface area (TPSA) is 81.9 Å². The van der Waals surface area contributed by atoms with Gasteiger partial charge >= 0.3 is 0 Å². The van der Waals surface area contributed by atoms with E-state index in [-0.39, 0.29) is 11.6 Å². The summed E-state index contributed by atoms with van der Waals surface area (Å²) < 4.78 is 7.16. The molecule has 0 saturated carbocycles. The Hall–Kier alpha value is -3.22. The van der Waals surface area contributed by atoms with Gasteiger partial charge in [-0.2, -0.15) is 0 Å². The van der Waals surface area contributed by atoms with E-state index in [9.17, 15) is 4.79 Å². The first kappa shape index (κ1) is 16.6. The zero-order chi connectivity index (χ0) is 17.8. The maximum atomic E-state index is 12.6. The fraction of sp³-hybridized carbons (Fsp3) is 0.222. The Morgan fingerprint density at radius 3 is 2.72 bits per heavy atom. The molecule has 7 heteroatoms. The van der Waals surface area contributed by atoms with Crippen molar-refractivity contribution < 1.29 is 9.53 Å². The minimum absolute atomic E-state index is 0.257. The molecule has 1 amide bonds. The molecule has 3 aromatic rings. The average molecular weight is 337 g/mol. The molecule has 2 aromatic heterocycles. The van der Waals surface area contributed by atoms with Crippen LogP contribution in [0.2, 0.25) is 0 Å². The Labute approximate surface area is 145 Å². The summed E-state index contributed by atoms with van der Waals surface area (Å²) in [6, 6.07) is 7.09. The third-order valence-electron chi connectivity index (χ3n) is 3.83. The van der Waals surface area contributed by atoms with E-state index in [2.05, 4.69) is 20.3 Å². The van der Waals surface area contributed by atoms with Gasteiger partial charge in [0.1, 0.15) is 23.3 Å². The lowest BCUT2D eigenvalue weighted by atomic mass is 10.1. The van der Waals surface area contributed by atoms with Crippen molar-refractivity contribution in [3.63, 3.8) is 0 Å². The highest BCUT2D eigenvalue weighted by Crippen LogP contribution is 2.24. The highest BCUT2D eigenvalue weighted by molar-refractivity contribution is 5.92. The molecule has 0 fully saturated rings. The van der Waals surface area contributed by atoms with E-state index >= 15 is 0 Å². The fourth-order valence-electron chi connectivity index (χ4n) is 2.49. The zero-order valence-corrected chi connectivity index (χ0v) is 14.3. The van der Waals surface area contributed by atoms with Crippen molar-refractivity contribution in [2.75, 3.05) is 7.11 Å². The molecule has 0 spiro atoms. The Balaban J connectivity index is 1.95. The van der Waals surface area contributed by atoms with Gasteiger partial charge in [-0.1, -0.05) is 12.1 Å². The number of amides is 1. The molecule has 2 heterocycles. The van der Waals surface area contributed by atoms with Crippen molar-refractivity contribution >= 4 is 5.91 Å². The van der Waals surface area contributed by atoms with Crippen LogP contribution >= 0.6 is 0 Å². The molecule has 7 nitrogen and oxygen atoms in total. The number of hydrogen-bond donors (Lipinski definition) is 1. The molecule has 1 N–H and O–H groups in total. The van der Waals surface area contributed by atoms with Gasteiger partial charge in [0, 0.05) is 25.6 Å². The SMILES string of the molecule is COc1cccc([C@@H](NC(=O)c2cnc(C)cn2)c2nccn2C)c1. The van der Waals surface area contributed by atoms with Crippen LogP contribution in [0.5, 0.6) is 5.75 Å². The van der Waals surface area contributed by atoms with Crippen LogP contribution in [0.25, 0.3) is 0 Å². The fourth-order valence-corrected chi connectivity index (χ4v) is 2.49.